The molecule has 0 saturated heterocycles. The molecule has 27 heavy (non-hydrogen) atoms. The first-order chi connectivity index (χ1) is 12.8. The minimum Gasteiger partial charge on any atom is -0.384 e. The molecule has 0 spiro atoms. The smallest absolute Gasteiger partial charge is 0.146 e. The van der Waals surface area contributed by atoms with E-state index >= 15 is 0 Å². The summed E-state index contributed by atoms with van der Waals surface area (Å²) in [5, 5.41) is 7.72. The van der Waals surface area contributed by atoms with E-state index in [0.29, 0.717) is 12.2 Å². The van der Waals surface area contributed by atoms with Gasteiger partial charge in [0.1, 0.15) is 5.82 Å². The van der Waals surface area contributed by atoms with Gasteiger partial charge in [-0.15, -0.1) is 0 Å². The number of rotatable bonds is 9. The van der Waals surface area contributed by atoms with Crippen LogP contribution in [0.15, 0.2) is 67.4 Å². The molecule has 3 N–H and O–H groups in total. The van der Waals surface area contributed by atoms with Crippen LogP contribution in [0.1, 0.15) is 43.5 Å². The minimum absolute atomic E-state index is 0.505. The Hall–Kier alpha value is -3.01. The first-order valence-electron chi connectivity index (χ1n) is 9.19. The quantitative estimate of drug-likeness (QED) is 0.595. The highest BCUT2D eigenvalue weighted by molar-refractivity contribution is 5.64. The number of aryl methyl sites for hydroxylation is 1. The molecule has 0 bridgehead atoms. The van der Waals surface area contributed by atoms with Crippen molar-refractivity contribution < 1.29 is 0 Å². The number of allylic oxidation sites excluding steroid dienone is 4. The molecule has 0 amide bonds. The van der Waals surface area contributed by atoms with Crippen LogP contribution >= 0.6 is 0 Å². The van der Waals surface area contributed by atoms with E-state index in [1.165, 1.54) is 11.1 Å². The molecule has 1 heterocycles. The number of hydrogen-bond donors (Lipinski definition) is 2. The van der Waals surface area contributed by atoms with Crippen LogP contribution in [0.2, 0.25) is 0 Å². The van der Waals surface area contributed by atoms with E-state index in [2.05, 4.69) is 67.4 Å². The second kappa shape index (κ2) is 9.08. The van der Waals surface area contributed by atoms with Crippen molar-refractivity contribution in [3.05, 3.63) is 84.2 Å². The van der Waals surface area contributed by atoms with Crippen molar-refractivity contribution in [2.75, 3.05) is 5.73 Å². The van der Waals surface area contributed by atoms with Gasteiger partial charge in [0.25, 0.3) is 0 Å². The number of hydrogen-bond acceptors (Lipinski definition) is 3. The maximum absolute atomic E-state index is 5.80. The Kier molecular flexibility index (Phi) is 6.83. The second-order valence-corrected chi connectivity index (χ2v) is 6.81. The average molecular weight is 363 g/mol. The molecule has 1 aromatic heterocycles. The summed E-state index contributed by atoms with van der Waals surface area (Å²) in [6.07, 6.45) is 3.73. The minimum atomic E-state index is 0.505. The van der Waals surface area contributed by atoms with E-state index in [-0.39, 0.29) is 0 Å². The predicted molar refractivity (Wildman–Crippen MR) is 117 cm³/mol. The number of anilines is 1. The summed E-state index contributed by atoms with van der Waals surface area (Å²) in [6.45, 7) is 19.1. The van der Waals surface area contributed by atoms with Crippen molar-refractivity contribution in [1.29, 1.82) is 0 Å². The highest BCUT2D eigenvalue weighted by Crippen LogP contribution is 2.20. The highest BCUT2D eigenvalue weighted by atomic mass is 15.3. The van der Waals surface area contributed by atoms with Crippen molar-refractivity contribution in [3.8, 4) is 0 Å². The molecule has 0 fully saturated rings. The Morgan fingerprint density at radius 1 is 1.22 bits per heavy atom. The fourth-order valence-electron chi connectivity index (χ4n) is 2.77. The molecule has 0 atom stereocenters. The van der Waals surface area contributed by atoms with Gasteiger partial charge < -0.3 is 11.1 Å². The Balaban J connectivity index is 1.98. The molecule has 0 unspecified atom stereocenters. The number of nitrogens with zero attached hydrogens (tertiary/aromatic N) is 2. The molecule has 2 aromatic rings. The van der Waals surface area contributed by atoms with Gasteiger partial charge in [-0.2, -0.15) is 5.10 Å². The van der Waals surface area contributed by atoms with Crippen molar-refractivity contribution >= 4 is 17.1 Å². The summed E-state index contributed by atoms with van der Waals surface area (Å²) < 4.78 is 1.82. The van der Waals surface area contributed by atoms with Crippen LogP contribution < -0.4 is 11.1 Å². The van der Waals surface area contributed by atoms with E-state index in [4.69, 9.17) is 5.73 Å². The Bertz CT molecular complexity index is 866. The molecule has 142 valence electrons. The molecule has 0 aliphatic heterocycles. The summed E-state index contributed by atoms with van der Waals surface area (Å²) in [5.41, 5.74) is 13.2. The zero-order chi connectivity index (χ0) is 20.0. The zero-order valence-corrected chi connectivity index (χ0v) is 16.7. The van der Waals surface area contributed by atoms with Gasteiger partial charge in [-0.25, -0.2) is 4.68 Å². The molecule has 4 heteroatoms. The lowest BCUT2D eigenvalue weighted by Gasteiger charge is -2.12. The fourth-order valence-corrected chi connectivity index (χ4v) is 2.77. The second-order valence-electron chi connectivity index (χ2n) is 6.81. The molecule has 1 aromatic carbocycles. The Morgan fingerprint density at radius 2 is 1.89 bits per heavy atom. The van der Waals surface area contributed by atoms with Crippen molar-refractivity contribution in [1.82, 2.24) is 15.1 Å². The first-order valence-corrected chi connectivity index (χ1v) is 9.19. The summed E-state index contributed by atoms with van der Waals surface area (Å²) in [5.74, 6) is 0.505. The van der Waals surface area contributed by atoms with Crippen molar-refractivity contribution in [2.45, 2.75) is 40.2 Å². The summed E-state index contributed by atoms with van der Waals surface area (Å²) >= 11 is 0. The standard InChI is InChI=1S/C23H30N4/c1-7-17(4)21-11-9-20(10-12-21)15-25-18(5)8-13-22(16(2)3)27-19(6)14-23(24)26-27/h9-14,25H,2,4-5,7-8,15H2,1,3,6H3,(H2,24,26)/b22-13-. The van der Waals surface area contributed by atoms with Crippen LogP contribution in [-0.2, 0) is 6.54 Å². The number of nitrogen functional groups attached to an aromatic ring is 1. The lowest BCUT2D eigenvalue weighted by atomic mass is 10.0. The summed E-state index contributed by atoms with van der Waals surface area (Å²) in [4.78, 5) is 0. The van der Waals surface area contributed by atoms with E-state index in [1.54, 1.807) is 0 Å². The van der Waals surface area contributed by atoms with Crippen LogP contribution in [0, 0.1) is 6.92 Å². The van der Waals surface area contributed by atoms with Gasteiger partial charge >= 0.3 is 0 Å². The highest BCUT2D eigenvalue weighted by Gasteiger charge is 2.08. The third-order valence-electron chi connectivity index (χ3n) is 4.45. The first kappa shape index (κ1) is 20.3. The van der Waals surface area contributed by atoms with Gasteiger partial charge in [0.15, 0.2) is 0 Å². The number of aromatic nitrogens is 2. The molecule has 0 aliphatic carbocycles. The van der Waals surface area contributed by atoms with Gasteiger partial charge in [0.2, 0.25) is 0 Å². The molecular weight excluding hydrogens is 332 g/mol. The SMILES string of the molecule is C=C(C/C=C(/C(=C)C)n1nc(N)cc1C)NCc1ccc(C(=C)CC)cc1. The number of nitrogens with one attached hydrogen (secondary N) is 1. The third kappa shape index (κ3) is 5.48. The van der Waals surface area contributed by atoms with E-state index in [0.717, 1.165) is 41.2 Å². The summed E-state index contributed by atoms with van der Waals surface area (Å²) in [6, 6.07) is 10.3. The van der Waals surface area contributed by atoms with Gasteiger partial charge in [-0.3, -0.25) is 0 Å². The zero-order valence-electron chi connectivity index (χ0n) is 16.7. The van der Waals surface area contributed by atoms with Gasteiger partial charge in [0.05, 0.1) is 5.70 Å². The normalized spacial score (nSPS) is 11.3. The van der Waals surface area contributed by atoms with Gasteiger partial charge in [-0.05, 0) is 42.5 Å². The Morgan fingerprint density at radius 3 is 2.41 bits per heavy atom. The predicted octanol–water partition coefficient (Wildman–Crippen LogP) is 5.31. The fraction of sp³-hybridized carbons (Fsp3) is 0.261. The lowest BCUT2D eigenvalue weighted by Crippen LogP contribution is -2.12. The molecule has 0 aliphatic rings. The van der Waals surface area contributed by atoms with Crippen molar-refractivity contribution in [3.63, 3.8) is 0 Å². The summed E-state index contributed by atoms with van der Waals surface area (Å²) in [7, 11) is 0. The van der Waals surface area contributed by atoms with Crippen LogP contribution in [0.25, 0.3) is 11.3 Å². The number of benzene rings is 1. The molecular formula is C23H30N4. The van der Waals surface area contributed by atoms with Crippen LogP contribution in [0.4, 0.5) is 5.82 Å². The van der Waals surface area contributed by atoms with Crippen LogP contribution in [-0.4, -0.2) is 9.78 Å². The monoisotopic (exact) mass is 362 g/mol. The topological polar surface area (TPSA) is 55.9 Å². The lowest BCUT2D eigenvalue weighted by molar-refractivity contribution is 0.790. The van der Waals surface area contributed by atoms with Crippen LogP contribution in [0.5, 0.6) is 0 Å². The third-order valence-corrected chi connectivity index (χ3v) is 4.45. The molecule has 4 nitrogen and oxygen atoms in total. The molecule has 0 radical (unpaired) electrons. The van der Waals surface area contributed by atoms with Gasteiger partial charge in [-0.1, -0.05) is 57.0 Å². The van der Waals surface area contributed by atoms with Gasteiger partial charge in [0, 0.05) is 30.4 Å². The van der Waals surface area contributed by atoms with E-state index < -0.39 is 0 Å². The average Bonchev–Trinajstić information content (AvgIpc) is 2.97. The maximum atomic E-state index is 5.80. The maximum Gasteiger partial charge on any atom is 0.146 e. The van der Waals surface area contributed by atoms with E-state index in [9.17, 15) is 0 Å². The van der Waals surface area contributed by atoms with E-state index in [1.807, 2.05) is 24.6 Å². The molecule has 0 saturated carbocycles. The number of nitrogens with two attached hydrogens (primary N) is 1. The van der Waals surface area contributed by atoms with Crippen molar-refractivity contribution in [2.24, 2.45) is 0 Å². The molecule has 2 rings (SSSR count). The largest absolute Gasteiger partial charge is 0.384 e. The Labute approximate surface area is 162 Å². The van der Waals surface area contributed by atoms with Crippen LogP contribution in [0.3, 0.4) is 0 Å².